The van der Waals surface area contributed by atoms with Crippen molar-refractivity contribution < 1.29 is 14.7 Å². The van der Waals surface area contributed by atoms with E-state index in [-0.39, 0.29) is 57.3 Å². The average Bonchev–Trinajstić information content (AvgIpc) is 2.36. The molecular weight excluding hydrogens is 281 g/mol. The number of unbranched alkanes of at least 4 members (excludes halogenated alkanes) is 8. The van der Waals surface area contributed by atoms with Crippen LogP contribution < -0.4 is 5.32 Å². The predicted octanol–water partition coefficient (Wildman–Crippen LogP) is 3.12. The molecular formula is C15H29KNO3. The molecule has 20 heavy (non-hydrogen) atoms. The summed E-state index contributed by atoms with van der Waals surface area (Å²) in [5.74, 6) is -1.14. The van der Waals surface area contributed by atoms with E-state index in [1.165, 1.54) is 51.9 Å². The summed E-state index contributed by atoms with van der Waals surface area (Å²) in [5.41, 5.74) is 0. The predicted molar refractivity (Wildman–Crippen MR) is 82.8 cm³/mol. The molecule has 1 radical (unpaired) electrons. The monoisotopic (exact) mass is 310 g/mol. The second-order valence-electron chi connectivity index (χ2n) is 5.21. The SMILES string of the molecule is CCCCCCCCCCCC(=O)N[C@@H](C)C(=O)O.[K]. The maximum atomic E-state index is 11.4. The van der Waals surface area contributed by atoms with E-state index in [1.807, 2.05) is 0 Å². The van der Waals surface area contributed by atoms with Crippen molar-refractivity contribution in [2.75, 3.05) is 0 Å². The van der Waals surface area contributed by atoms with E-state index in [0.717, 1.165) is 12.8 Å². The number of carboxylic acid groups (broad SMARTS) is 1. The molecule has 0 aliphatic rings. The molecule has 4 nitrogen and oxygen atoms in total. The van der Waals surface area contributed by atoms with Gasteiger partial charge in [-0.05, 0) is 13.3 Å². The summed E-state index contributed by atoms with van der Waals surface area (Å²) in [6.45, 7) is 3.70. The van der Waals surface area contributed by atoms with Gasteiger partial charge in [-0.3, -0.25) is 9.59 Å². The first-order chi connectivity index (χ1) is 9.07. The minimum atomic E-state index is -0.986. The average molecular weight is 310 g/mol. The Morgan fingerprint density at radius 3 is 1.85 bits per heavy atom. The largest absolute Gasteiger partial charge is 0.480 e. The number of amides is 1. The molecule has 0 rings (SSSR count). The Morgan fingerprint density at radius 2 is 1.40 bits per heavy atom. The Kier molecular flexibility index (Phi) is 18.2. The zero-order chi connectivity index (χ0) is 14.5. The van der Waals surface area contributed by atoms with E-state index >= 15 is 0 Å². The zero-order valence-corrected chi connectivity index (χ0v) is 16.5. The van der Waals surface area contributed by atoms with Crippen LogP contribution in [0, 0.1) is 0 Å². The van der Waals surface area contributed by atoms with Gasteiger partial charge in [0.2, 0.25) is 5.91 Å². The van der Waals surface area contributed by atoms with E-state index in [2.05, 4.69) is 12.2 Å². The molecule has 2 N–H and O–H groups in total. The fraction of sp³-hybridized carbons (Fsp3) is 0.867. The van der Waals surface area contributed by atoms with Crippen LogP contribution in [0.2, 0.25) is 0 Å². The van der Waals surface area contributed by atoms with Gasteiger partial charge in [-0.25, -0.2) is 0 Å². The first kappa shape index (κ1) is 22.9. The van der Waals surface area contributed by atoms with E-state index < -0.39 is 12.0 Å². The molecule has 0 saturated carbocycles. The third-order valence-electron chi connectivity index (χ3n) is 3.26. The minimum absolute atomic E-state index is 0. The number of carbonyl (C=O) groups excluding carboxylic acids is 1. The van der Waals surface area contributed by atoms with Crippen molar-refractivity contribution in [1.29, 1.82) is 0 Å². The summed E-state index contributed by atoms with van der Waals surface area (Å²) in [6.07, 6.45) is 11.3. The Hall–Kier alpha value is 0.576. The molecule has 0 aliphatic heterocycles. The molecule has 0 aromatic heterocycles. The number of nitrogens with one attached hydrogen (secondary N) is 1. The van der Waals surface area contributed by atoms with Gasteiger partial charge in [0, 0.05) is 57.8 Å². The topological polar surface area (TPSA) is 66.4 Å². The molecule has 0 spiro atoms. The van der Waals surface area contributed by atoms with Crippen LogP contribution in [0.4, 0.5) is 0 Å². The second kappa shape index (κ2) is 16.0. The van der Waals surface area contributed by atoms with Crippen LogP contribution in [-0.2, 0) is 9.59 Å². The summed E-state index contributed by atoms with van der Waals surface area (Å²) >= 11 is 0. The van der Waals surface area contributed by atoms with Crippen molar-refractivity contribution in [2.24, 2.45) is 0 Å². The van der Waals surface area contributed by atoms with Crippen LogP contribution in [0.5, 0.6) is 0 Å². The summed E-state index contributed by atoms with van der Waals surface area (Å²) in [6, 6.07) is -0.786. The number of hydrogen-bond acceptors (Lipinski definition) is 2. The van der Waals surface area contributed by atoms with Crippen LogP contribution in [0.25, 0.3) is 0 Å². The van der Waals surface area contributed by atoms with Crippen molar-refractivity contribution in [2.45, 2.75) is 84.1 Å². The summed E-state index contributed by atoms with van der Waals surface area (Å²) < 4.78 is 0. The van der Waals surface area contributed by atoms with Gasteiger partial charge >= 0.3 is 5.97 Å². The summed E-state index contributed by atoms with van der Waals surface area (Å²) in [7, 11) is 0. The van der Waals surface area contributed by atoms with Crippen molar-refractivity contribution in [3.05, 3.63) is 0 Å². The maximum absolute atomic E-state index is 11.4. The molecule has 0 heterocycles. The Morgan fingerprint density at radius 1 is 0.950 bits per heavy atom. The van der Waals surface area contributed by atoms with Gasteiger partial charge in [0.05, 0.1) is 0 Å². The minimum Gasteiger partial charge on any atom is -0.480 e. The quantitative estimate of drug-likeness (QED) is 0.430. The molecule has 0 bridgehead atoms. The third kappa shape index (κ3) is 15.0. The van der Waals surface area contributed by atoms with Crippen LogP contribution in [0.1, 0.15) is 78.1 Å². The number of rotatable bonds is 12. The van der Waals surface area contributed by atoms with Crippen molar-refractivity contribution in [3.8, 4) is 0 Å². The van der Waals surface area contributed by atoms with Gasteiger partial charge in [-0.2, -0.15) is 0 Å². The van der Waals surface area contributed by atoms with Crippen LogP contribution >= 0.6 is 0 Å². The standard InChI is InChI=1S/C15H29NO3.K/c1-3-4-5-6-7-8-9-10-11-12-14(17)16-13(2)15(18)19;/h13H,3-12H2,1-2H3,(H,16,17)(H,18,19);/t13-;/m0./s1. The van der Waals surface area contributed by atoms with Crippen LogP contribution in [0.3, 0.4) is 0 Å². The maximum Gasteiger partial charge on any atom is 0.325 e. The fourth-order valence-electron chi connectivity index (χ4n) is 1.97. The molecule has 1 amide bonds. The molecule has 0 fully saturated rings. The van der Waals surface area contributed by atoms with Gasteiger partial charge < -0.3 is 10.4 Å². The number of carbonyl (C=O) groups is 2. The third-order valence-corrected chi connectivity index (χ3v) is 3.26. The van der Waals surface area contributed by atoms with Crippen molar-refractivity contribution in [3.63, 3.8) is 0 Å². The van der Waals surface area contributed by atoms with Gasteiger partial charge in [-0.1, -0.05) is 58.3 Å². The van der Waals surface area contributed by atoms with Gasteiger partial charge in [0.25, 0.3) is 0 Å². The smallest absolute Gasteiger partial charge is 0.325 e. The van der Waals surface area contributed by atoms with E-state index in [4.69, 9.17) is 5.11 Å². The fourth-order valence-corrected chi connectivity index (χ4v) is 1.97. The molecule has 0 aromatic carbocycles. The first-order valence-electron chi connectivity index (χ1n) is 7.60. The second-order valence-corrected chi connectivity index (χ2v) is 5.21. The Bertz CT molecular complexity index is 260. The molecule has 0 aliphatic carbocycles. The van der Waals surface area contributed by atoms with Gasteiger partial charge in [-0.15, -0.1) is 0 Å². The molecule has 5 heteroatoms. The van der Waals surface area contributed by atoms with E-state index in [1.54, 1.807) is 0 Å². The Labute approximate surface area is 165 Å². The van der Waals surface area contributed by atoms with Gasteiger partial charge in [0.1, 0.15) is 6.04 Å². The van der Waals surface area contributed by atoms with Crippen molar-refractivity contribution in [1.82, 2.24) is 5.32 Å². The van der Waals surface area contributed by atoms with E-state index in [0.29, 0.717) is 6.42 Å². The molecule has 113 valence electrons. The summed E-state index contributed by atoms with van der Waals surface area (Å²) in [4.78, 5) is 21.9. The molecule has 0 saturated heterocycles. The number of carboxylic acids is 1. The van der Waals surface area contributed by atoms with Crippen LogP contribution in [-0.4, -0.2) is 74.4 Å². The van der Waals surface area contributed by atoms with E-state index in [9.17, 15) is 9.59 Å². The number of hydrogen-bond donors (Lipinski definition) is 2. The molecule has 1 atom stereocenters. The summed E-state index contributed by atoms with van der Waals surface area (Å²) in [5, 5.41) is 11.1. The van der Waals surface area contributed by atoms with Crippen LogP contribution in [0.15, 0.2) is 0 Å². The number of aliphatic carboxylic acids is 1. The first-order valence-corrected chi connectivity index (χ1v) is 7.60. The molecule has 0 aromatic rings. The Balaban J connectivity index is 0. The van der Waals surface area contributed by atoms with Crippen molar-refractivity contribution >= 4 is 63.3 Å². The zero-order valence-electron chi connectivity index (χ0n) is 13.4. The molecule has 0 unspecified atom stereocenters. The van der Waals surface area contributed by atoms with Gasteiger partial charge in [0.15, 0.2) is 0 Å². The normalized spacial score (nSPS) is 11.5.